The number of pyridine rings is 1. The van der Waals surface area contributed by atoms with Gasteiger partial charge in [0.1, 0.15) is 0 Å². The summed E-state index contributed by atoms with van der Waals surface area (Å²) in [5.74, 6) is -0.890. The molecule has 1 aromatic heterocycles. The number of hydrogen-bond donors (Lipinski definition) is 1. The highest BCUT2D eigenvalue weighted by Gasteiger charge is 2.31. The molecule has 1 fully saturated rings. The third-order valence-electron chi connectivity index (χ3n) is 4.44. The van der Waals surface area contributed by atoms with E-state index in [-0.39, 0.29) is 12.0 Å². The van der Waals surface area contributed by atoms with E-state index in [4.69, 9.17) is 0 Å². The summed E-state index contributed by atoms with van der Waals surface area (Å²) in [6, 6.07) is 4.32. The zero-order valence-electron chi connectivity index (χ0n) is 13.1. The fourth-order valence-corrected chi connectivity index (χ4v) is 3.23. The highest BCUT2D eigenvalue weighted by Crippen LogP contribution is 2.31. The standard InChI is InChI=1S/C17H26N2O2/c1-3-4-9-15(16-13(2)7-5-10-18-16)19-11-6-8-14(12-19)17(20)21/h5,7,10,14-15H,3-4,6,8-9,11-12H2,1-2H3,(H,20,21). The highest BCUT2D eigenvalue weighted by atomic mass is 16.4. The lowest BCUT2D eigenvalue weighted by molar-refractivity contribution is -0.144. The second-order valence-corrected chi connectivity index (χ2v) is 6.04. The molecule has 2 heterocycles. The molecule has 0 aromatic carbocycles. The topological polar surface area (TPSA) is 53.4 Å². The molecule has 2 rings (SSSR count). The SMILES string of the molecule is CCCCC(c1ncccc1C)N1CCCC(C(=O)O)C1. The lowest BCUT2D eigenvalue weighted by Gasteiger charge is -2.37. The number of rotatable bonds is 6. The van der Waals surface area contributed by atoms with Gasteiger partial charge in [-0.15, -0.1) is 0 Å². The minimum absolute atomic E-state index is 0.230. The van der Waals surface area contributed by atoms with Crippen LogP contribution in [0.3, 0.4) is 0 Å². The molecular weight excluding hydrogens is 264 g/mol. The first-order valence-corrected chi connectivity index (χ1v) is 8.01. The number of carbonyl (C=O) groups is 1. The molecule has 1 N–H and O–H groups in total. The summed E-state index contributed by atoms with van der Waals surface area (Å²) in [5.41, 5.74) is 2.33. The Balaban J connectivity index is 2.19. The molecule has 0 bridgehead atoms. The maximum absolute atomic E-state index is 11.3. The molecule has 0 spiro atoms. The van der Waals surface area contributed by atoms with Gasteiger partial charge < -0.3 is 5.11 Å². The van der Waals surface area contributed by atoms with Crippen molar-refractivity contribution in [3.8, 4) is 0 Å². The van der Waals surface area contributed by atoms with Gasteiger partial charge in [-0.2, -0.15) is 0 Å². The number of unbranched alkanes of at least 4 members (excludes halogenated alkanes) is 1. The largest absolute Gasteiger partial charge is 0.481 e. The van der Waals surface area contributed by atoms with Gasteiger partial charge in [-0.1, -0.05) is 25.8 Å². The van der Waals surface area contributed by atoms with E-state index in [0.717, 1.165) is 44.3 Å². The minimum atomic E-state index is -0.660. The monoisotopic (exact) mass is 290 g/mol. The van der Waals surface area contributed by atoms with Gasteiger partial charge >= 0.3 is 5.97 Å². The van der Waals surface area contributed by atoms with Gasteiger partial charge in [0.2, 0.25) is 0 Å². The number of carboxylic acid groups (broad SMARTS) is 1. The van der Waals surface area contributed by atoms with Crippen LogP contribution in [-0.2, 0) is 4.79 Å². The van der Waals surface area contributed by atoms with Gasteiger partial charge in [0.15, 0.2) is 0 Å². The second-order valence-electron chi connectivity index (χ2n) is 6.04. The number of aryl methyl sites for hydroxylation is 1. The molecule has 4 heteroatoms. The van der Waals surface area contributed by atoms with Gasteiger partial charge in [-0.3, -0.25) is 14.7 Å². The average molecular weight is 290 g/mol. The molecule has 1 aromatic rings. The first-order chi connectivity index (χ1) is 10.1. The van der Waals surface area contributed by atoms with Gasteiger partial charge in [0.25, 0.3) is 0 Å². The van der Waals surface area contributed by atoms with E-state index in [9.17, 15) is 9.90 Å². The predicted molar refractivity (Wildman–Crippen MR) is 83.2 cm³/mol. The number of nitrogens with zero attached hydrogens (tertiary/aromatic N) is 2. The summed E-state index contributed by atoms with van der Waals surface area (Å²) in [4.78, 5) is 18.2. The normalized spacial score (nSPS) is 21.1. The van der Waals surface area contributed by atoms with Gasteiger partial charge in [-0.25, -0.2) is 0 Å². The quantitative estimate of drug-likeness (QED) is 0.872. The third kappa shape index (κ3) is 4.03. The van der Waals surface area contributed by atoms with Gasteiger partial charge in [0.05, 0.1) is 17.7 Å². The van der Waals surface area contributed by atoms with Crippen molar-refractivity contribution in [1.82, 2.24) is 9.88 Å². The molecule has 0 saturated carbocycles. The molecule has 0 amide bonds. The Kier molecular flexibility index (Phi) is 5.74. The molecule has 0 aliphatic carbocycles. The Morgan fingerprint density at radius 3 is 3.05 bits per heavy atom. The number of hydrogen-bond acceptors (Lipinski definition) is 3. The van der Waals surface area contributed by atoms with Gasteiger partial charge in [0, 0.05) is 12.7 Å². The number of aliphatic carboxylic acids is 1. The van der Waals surface area contributed by atoms with Crippen molar-refractivity contribution in [3.63, 3.8) is 0 Å². The van der Waals surface area contributed by atoms with Crippen LogP contribution >= 0.6 is 0 Å². The predicted octanol–water partition coefficient (Wildman–Crippen LogP) is 3.42. The maximum atomic E-state index is 11.3. The van der Waals surface area contributed by atoms with Crippen LogP contribution in [0.1, 0.15) is 56.3 Å². The van der Waals surface area contributed by atoms with E-state index in [0.29, 0.717) is 6.54 Å². The van der Waals surface area contributed by atoms with Crippen molar-refractivity contribution in [1.29, 1.82) is 0 Å². The Morgan fingerprint density at radius 1 is 1.57 bits per heavy atom. The van der Waals surface area contributed by atoms with Crippen molar-refractivity contribution in [3.05, 3.63) is 29.6 Å². The summed E-state index contributed by atoms with van der Waals surface area (Å²) < 4.78 is 0. The highest BCUT2D eigenvalue weighted by molar-refractivity contribution is 5.70. The van der Waals surface area contributed by atoms with Crippen LogP contribution < -0.4 is 0 Å². The first kappa shape index (κ1) is 16.0. The Labute approximate surface area is 127 Å². The lowest BCUT2D eigenvalue weighted by Crippen LogP contribution is -2.41. The minimum Gasteiger partial charge on any atom is -0.481 e. The van der Waals surface area contributed by atoms with E-state index < -0.39 is 5.97 Å². The van der Waals surface area contributed by atoms with Crippen LogP contribution in [0, 0.1) is 12.8 Å². The van der Waals surface area contributed by atoms with Crippen molar-refractivity contribution < 1.29 is 9.90 Å². The van der Waals surface area contributed by atoms with Crippen LogP contribution in [0.25, 0.3) is 0 Å². The van der Waals surface area contributed by atoms with E-state index in [1.807, 2.05) is 12.3 Å². The molecule has 2 atom stereocenters. The van der Waals surface area contributed by atoms with Crippen LogP contribution in [-0.4, -0.2) is 34.0 Å². The van der Waals surface area contributed by atoms with Crippen LogP contribution in [0.2, 0.25) is 0 Å². The average Bonchev–Trinajstić information content (AvgIpc) is 2.49. The zero-order chi connectivity index (χ0) is 15.2. The Hall–Kier alpha value is -1.42. The molecular formula is C17H26N2O2. The molecule has 21 heavy (non-hydrogen) atoms. The van der Waals surface area contributed by atoms with Gasteiger partial charge in [-0.05, 0) is 44.4 Å². The molecule has 2 unspecified atom stereocenters. The molecule has 1 saturated heterocycles. The van der Waals surface area contributed by atoms with E-state index in [1.54, 1.807) is 0 Å². The molecule has 1 aliphatic heterocycles. The molecule has 1 aliphatic rings. The first-order valence-electron chi connectivity index (χ1n) is 8.01. The summed E-state index contributed by atoms with van der Waals surface area (Å²) in [7, 11) is 0. The Morgan fingerprint density at radius 2 is 2.38 bits per heavy atom. The summed E-state index contributed by atoms with van der Waals surface area (Å²) in [6.45, 7) is 5.92. The smallest absolute Gasteiger partial charge is 0.307 e. The summed E-state index contributed by atoms with van der Waals surface area (Å²) in [6.07, 6.45) is 6.97. The van der Waals surface area contributed by atoms with Crippen molar-refractivity contribution in [2.45, 2.75) is 52.0 Å². The molecule has 4 nitrogen and oxygen atoms in total. The lowest BCUT2D eigenvalue weighted by atomic mass is 9.93. The van der Waals surface area contributed by atoms with Crippen LogP contribution in [0.15, 0.2) is 18.3 Å². The van der Waals surface area contributed by atoms with E-state index in [2.05, 4.69) is 29.8 Å². The van der Waals surface area contributed by atoms with E-state index >= 15 is 0 Å². The van der Waals surface area contributed by atoms with Crippen molar-refractivity contribution in [2.24, 2.45) is 5.92 Å². The third-order valence-corrected chi connectivity index (χ3v) is 4.44. The van der Waals surface area contributed by atoms with E-state index in [1.165, 1.54) is 5.56 Å². The summed E-state index contributed by atoms with van der Waals surface area (Å²) >= 11 is 0. The second kappa shape index (κ2) is 7.55. The van der Waals surface area contributed by atoms with Crippen LogP contribution in [0.4, 0.5) is 0 Å². The molecule has 116 valence electrons. The number of carboxylic acids is 1. The maximum Gasteiger partial charge on any atom is 0.307 e. The van der Waals surface area contributed by atoms with Crippen molar-refractivity contribution >= 4 is 5.97 Å². The van der Waals surface area contributed by atoms with Crippen LogP contribution in [0.5, 0.6) is 0 Å². The number of piperidine rings is 1. The van der Waals surface area contributed by atoms with Crippen molar-refractivity contribution in [2.75, 3.05) is 13.1 Å². The fourth-order valence-electron chi connectivity index (χ4n) is 3.23. The fraction of sp³-hybridized carbons (Fsp3) is 0.647. The Bertz CT molecular complexity index is 476. The number of aromatic nitrogens is 1. The number of likely N-dealkylation sites (tertiary alicyclic amines) is 1. The zero-order valence-corrected chi connectivity index (χ0v) is 13.1. The summed E-state index contributed by atoms with van der Waals surface area (Å²) in [5, 5.41) is 9.30. The molecule has 0 radical (unpaired) electrons.